The molecule has 1 saturated heterocycles. The number of aryl methyl sites for hydroxylation is 1. The van der Waals surface area contributed by atoms with E-state index < -0.39 is 10.0 Å². The number of rotatable bonds is 6. The van der Waals surface area contributed by atoms with Gasteiger partial charge in [-0.25, -0.2) is 12.7 Å². The van der Waals surface area contributed by atoms with E-state index in [1.165, 1.54) is 30.9 Å². The summed E-state index contributed by atoms with van der Waals surface area (Å²) >= 11 is 0. The van der Waals surface area contributed by atoms with Gasteiger partial charge in [-0.3, -0.25) is 9.69 Å². The molecule has 1 amide bonds. The van der Waals surface area contributed by atoms with Crippen LogP contribution in [0.3, 0.4) is 0 Å². The van der Waals surface area contributed by atoms with Crippen LogP contribution in [0.2, 0.25) is 0 Å². The number of carbonyl (C=O) groups excluding carboxylic acids is 1. The van der Waals surface area contributed by atoms with Crippen LogP contribution in [0.15, 0.2) is 23.1 Å². The van der Waals surface area contributed by atoms with E-state index >= 15 is 0 Å². The van der Waals surface area contributed by atoms with E-state index in [0.717, 1.165) is 25.8 Å². The number of carbonyl (C=O) groups is 1. The van der Waals surface area contributed by atoms with Gasteiger partial charge in [-0.2, -0.15) is 0 Å². The van der Waals surface area contributed by atoms with Crippen molar-refractivity contribution in [3.8, 4) is 0 Å². The molecule has 1 fully saturated rings. The maximum Gasteiger partial charge on any atom is 0.242 e. The zero-order valence-corrected chi connectivity index (χ0v) is 16.4. The zero-order chi connectivity index (χ0) is 18.6. The minimum Gasteiger partial charge on any atom is -0.325 e. The molecular weight excluding hydrogens is 338 g/mol. The molecule has 2 rings (SSSR count). The van der Waals surface area contributed by atoms with Gasteiger partial charge in [-0.15, -0.1) is 0 Å². The molecule has 140 valence electrons. The number of sulfonamides is 1. The predicted octanol–water partition coefficient (Wildman–Crippen LogP) is 2.45. The van der Waals surface area contributed by atoms with Crippen LogP contribution >= 0.6 is 0 Å². The summed E-state index contributed by atoms with van der Waals surface area (Å²) in [6.45, 7) is 5.20. The van der Waals surface area contributed by atoms with Crippen molar-refractivity contribution < 1.29 is 13.2 Å². The number of likely N-dealkylation sites (tertiary alicyclic amines) is 1. The van der Waals surface area contributed by atoms with Crippen LogP contribution in [-0.2, 0) is 14.8 Å². The van der Waals surface area contributed by atoms with E-state index in [9.17, 15) is 13.2 Å². The van der Waals surface area contributed by atoms with Crippen molar-refractivity contribution in [1.82, 2.24) is 9.21 Å². The fourth-order valence-corrected chi connectivity index (χ4v) is 4.41. The number of nitrogens with one attached hydrogen (secondary N) is 1. The summed E-state index contributed by atoms with van der Waals surface area (Å²) in [7, 11) is -0.532. The number of amides is 1. The van der Waals surface area contributed by atoms with E-state index in [2.05, 4.69) is 17.1 Å². The Morgan fingerprint density at radius 1 is 1.32 bits per heavy atom. The van der Waals surface area contributed by atoms with Gasteiger partial charge < -0.3 is 5.32 Å². The Morgan fingerprint density at radius 3 is 2.68 bits per heavy atom. The van der Waals surface area contributed by atoms with Crippen molar-refractivity contribution in [2.75, 3.05) is 32.5 Å². The van der Waals surface area contributed by atoms with Crippen LogP contribution in [0.4, 0.5) is 5.69 Å². The topological polar surface area (TPSA) is 69.7 Å². The molecule has 1 aliphatic heterocycles. The molecule has 0 spiro atoms. The first-order valence-electron chi connectivity index (χ1n) is 8.82. The van der Waals surface area contributed by atoms with Gasteiger partial charge in [0.2, 0.25) is 15.9 Å². The molecular formula is C18H29N3O3S. The van der Waals surface area contributed by atoms with Gasteiger partial charge in [0.15, 0.2) is 0 Å². The number of nitrogens with zero attached hydrogens (tertiary/aromatic N) is 2. The third kappa shape index (κ3) is 4.80. The van der Waals surface area contributed by atoms with Crippen molar-refractivity contribution in [1.29, 1.82) is 0 Å². The Labute approximate surface area is 151 Å². The SMILES string of the molecule is CCC1CCCCN1CC(=O)Nc1ccc(C)c(S(=O)(=O)N(C)C)c1. The first-order valence-corrected chi connectivity index (χ1v) is 10.3. The summed E-state index contributed by atoms with van der Waals surface area (Å²) in [4.78, 5) is 14.9. The van der Waals surface area contributed by atoms with Crippen molar-refractivity contribution in [3.63, 3.8) is 0 Å². The van der Waals surface area contributed by atoms with E-state index in [-0.39, 0.29) is 10.8 Å². The summed E-state index contributed by atoms with van der Waals surface area (Å²) < 4.78 is 26.0. The normalized spacial score (nSPS) is 19.2. The van der Waals surface area contributed by atoms with Crippen LogP contribution in [0, 0.1) is 6.92 Å². The first-order chi connectivity index (χ1) is 11.8. The standard InChI is InChI=1S/C18H29N3O3S/c1-5-16-8-6-7-11-21(16)13-18(22)19-15-10-9-14(2)17(12-15)25(23,24)20(3)4/h9-10,12,16H,5-8,11,13H2,1-4H3,(H,19,22). The molecule has 1 heterocycles. The van der Waals surface area contributed by atoms with E-state index in [1.54, 1.807) is 19.1 Å². The Morgan fingerprint density at radius 2 is 2.04 bits per heavy atom. The van der Waals surface area contributed by atoms with Crippen molar-refractivity contribution >= 4 is 21.6 Å². The highest BCUT2D eigenvalue weighted by Crippen LogP contribution is 2.23. The lowest BCUT2D eigenvalue weighted by Gasteiger charge is -2.34. The fourth-order valence-electron chi connectivity index (χ4n) is 3.27. The molecule has 7 heteroatoms. The number of benzene rings is 1. The van der Waals surface area contributed by atoms with Gasteiger partial charge in [0.25, 0.3) is 0 Å². The fraction of sp³-hybridized carbons (Fsp3) is 0.611. The van der Waals surface area contributed by atoms with E-state index in [1.807, 2.05) is 0 Å². The van der Waals surface area contributed by atoms with Crippen LogP contribution in [0.5, 0.6) is 0 Å². The van der Waals surface area contributed by atoms with Crippen LogP contribution < -0.4 is 5.32 Å². The average molecular weight is 368 g/mol. The van der Waals surface area contributed by atoms with E-state index in [0.29, 0.717) is 23.8 Å². The molecule has 1 aliphatic rings. The van der Waals surface area contributed by atoms with E-state index in [4.69, 9.17) is 0 Å². The number of hydrogen-bond acceptors (Lipinski definition) is 4. The molecule has 1 atom stereocenters. The highest BCUT2D eigenvalue weighted by Gasteiger charge is 2.24. The molecule has 25 heavy (non-hydrogen) atoms. The highest BCUT2D eigenvalue weighted by atomic mass is 32.2. The molecule has 0 saturated carbocycles. The summed E-state index contributed by atoms with van der Waals surface area (Å²) in [5, 5.41) is 2.85. The van der Waals surface area contributed by atoms with Crippen molar-refractivity contribution in [3.05, 3.63) is 23.8 Å². The maximum absolute atomic E-state index is 12.4. The number of anilines is 1. The van der Waals surface area contributed by atoms with Gasteiger partial charge in [0, 0.05) is 25.8 Å². The Kier molecular flexibility index (Phi) is 6.59. The third-order valence-electron chi connectivity index (χ3n) is 4.80. The maximum atomic E-state index is 12.4. The zero-order valence-electron chi connectivity index (χ0n) is 15.6. The molecule has 0 aliphatic carbocycles. The minimum absolute atomic E-state index is 0.0996. The lowest BCUT2D eigenvalue weighted by Crippen LogP contribution is -2.43. The van der Waals surface area contributed by atoms with Gasteiger partial charge in [-0.1, -0.05) is 19.4 Å². The minimum atomic E-state index is -3.53. The van der Waals surface area contributed by atoms with Crippen LogP contribution in [-0.4, -0.2) is 56.8 Å². The second-order valence-corrected chi connectivity index (χ2v) is 8.96. The lowest BCUT2D eigenvalue weighted by atomic mass is 10.00. The second kappa shape index (κ2) is 8.29. The van der Waals surface area contributed by atoms with Crippen LogP contribution in [0.1, 0.15) is 38.2 Å². The molecule has 6 nitrogen and oxygen atoms in total. The van der Waals surface area contributed by atoms with Crippen molar-refractivity contribution in [2.24, 2.45) is 0 Å². The molecule has 0 bridgehead atoms. The monoisotopic (exact) mass is 367 g/mol. The van der Waals surface area contributed by atoms with Gasteiger partial charge in [-0.05, 0) is 50.4 Å². The number of piperidine rings is 1. The Hall–Kier alpha value is -1.44. The summed E-state index contributed by atoms with van der Waals surface area (Å²) in [5.41, 5.74) is 1.18. The largest absolute Gasteiger partial charge is 0.325 e. The summed E-state index contributed by atoms with van der Waals surface area (Å²) in [5.74, 6) is -0.0996. The molecule has 1 N–H and O–H groups in total. The predicted molar refractivity (Wildman–Crippen MR) is 100 cm³/mol. The Bertz CT molecular complexity index is 716. The van der Waals surface area contributed by atoms with Gasteiger partial charge in [0.1, 0.15) is 0 Å². The molecule has 0 aromatic heterocycles. The molecule has 1 aromatic carbocycles. The first kappa shape index (κ1) is 19.9. The number of hydrogen-bond donors (Lipinski definition) is 1. The Balaban J connectivity index is 2.11. The molecule has 1 unspecified atom stereocenters. The summed E-state index contributed by atoms with van der Waals surface area (Å²) in [6.07, 6.45) is 4.53. The van der Waals surface area contributed by atoms with Gasteiger partial charge in [0.05, 0.1) is 11.4 Å². The molecule has 1 aromatic rings. The summed E-state index contributed by atoms with van der Waals surface area (Å²) in [6, 6.07) is 5.47. The third-order valence-corrected chi connectivity index (χ3v) is 6.75. The van der Waals surface area contributed by atoms with Crippen molar-refractivity contribution in [2.45, 2.75) is 50.5 Å². The van der Waals surface area contributed by atoms with Gasteiger partial charge >= 0.3 is 0 Å². The average Bonchev–Trinajstić information content (AvgIpc) is 2.56. The van der Waals surface area contributed by atoms with Crippen LogP contribution in [0.25, 0.3) is 0 Å². The lowest BCUT2D eigenvalue weighted by molar-refractivity contribution is -0.118. The quantitative estimate of drug-likeness (QED) is 0.838. The highest BCUT2D eigenvalue weighted by molar-refractivity contribution is 7.89. The smallest absolute Gasteiger partial charge is 0.242 e. The molecule has 0 radical (unpaired) electrons. The second-order valence-electron chi connectivity index (χ2n) is 6.84.